The second kappa shape index (κ2) is 9.38. The van der Waals surface area contributed by atoms with E-state index < -0.39 is 0 Å². The molecule has 9 heteroatoms. The number of carbonyl (C=O) groups is 1. The summed E-state index contributed by atoms with van der Waals surface area (Å²) < 4.78 is 5.35. The van der Waals surface area contributed by atoms with Gasteiger partial charge in [-0.05, 0) is 66.9 Å². The minimum atomic E-state index is -0.356. The third-order valence-corrected chi connectivity index (χ3v) is 6.05. The van der Waals surface area contributed by atoms with E-state index >= 15 is 0 Å². The average Bonchev–Trinajstić information content (AvgIpc) is 3.39. The fourth-order valence-electron chi connectivity index (χ4n) is 4.32. The summed E-state index contributed by atoms with van der Waals surface area (Å²) in [4.78, 5) is 27.0. The van der Waals surface area contributed by atoms with Crippen molar-refractivity contribution in [3.63, 3.8) is 0 Å². The van der Waals surface area contributed by atoms with Gasteiger partial charge in [0.1, 0.15) is 11.6 Å². The Labute approximate surface area is 202 Å². The molecule has 0 saturated carbocycles. The van der Waals surface area contributed by atoms with E-state index in [4.69, 9.17) is 10.5 Å². The number of hydrogen-bond donors (Lipinski definition) is 5. The Morgan fingerprint density at radius 2 is 1.97 bits per heavy atom. The highest BCUT2D eigenvalue weighted by molar-refractivity contribution is 5.92. The van der Waals surface area contributed by atoms with Crippen molar-refractivity contribution in [2.75, 3.05) is 24.3 Å². The number of aromatic amines is 2. The Balaban J connectivity index is 1.27. The number of H-pyrrole nitrogens is 2. The lowest BCUT2D eigenvalue weighted by atomic mass is 10.1. The highest BCUT2D eigenvalue weighted by atomic mass is 16.5. The van der Waals surface area contributed by atoms with Gasteiger partial charge in [-0.25, -0.2) is 4.98 Å². The molecule has 5 rings (SSSR count). The van der Waals surface area contributed by atoms with Gasteiger partial charge in [0.05, 0.1) is 13.5 Å². The van der Waals surface area contributed by atoms with Gasteiger partial charge in [-0.2, -0.15) is 4.98 Å². The number of fused-ring (bicyclic) bond motifs is 2. The number of nitrogens with zero attached hydrogens (tertiary/aromatic N) is 2. The van der Waals surface area contributed by atoms with Crippen LogP contribution in [0.25, 0.3) is 21.8 Å². The number of benzene rings is 2. The summed E-state index contributed by atoms with van der Waals surface area (Å²) in [7, 11) is 1.67. The molecule has 0 aliphatic rings. The molecule has 2 aromatic carbocycles. The number of nitrogens with one attached hydrogen (secondary N) is 4. The van der Waals surface area contributed by atoms with Crippen LogP contribution in [0.2, 0.25) is 0 Å². The number of anilines is 3. The van der Waals surface area contributed by atoms with Gasteiger partial charge in [-0.1, -0.05) is 0 Å². The first-order valence-corrected chi connectivity index (χ1v) is 11.4. The van der Waals surface area contributed by atoms with Crippen LogP contribution in [0.15, 0.2) is 54.9 Å². The molecule has 178 valence electrons. The van der Waals surface area contributed by atoms with Crippen molar-refractivity contribution in [2.24, 2.45) is 5.73 Å². The highest BCUT2D eigenvalue weighted by Gasteiger charge is 2.12. The van der Waals surface area contributed by atoms with Crippen LogP contribution in [0.4, 0.5) is 17.5 Å². The second-order valence-electron chi connectivity index (χ2n) is 8.42. The zero-order chi connectivity index (χ0) is 24.4. The molecule has 9 nitrogen and oxygen atoms in total. The molecule has 0 bridgehead atoms. The van der Waals surface area contributed by atoms with E-state index in [0.29, 0.717) is 18.3 Å². The summed E-state index contributed by atoms with van der Waals surface area (Å²) in [6.45, 7) is 2.62. The Bertz CT molecular complexity index is 1520. The summed E-state index contributed by atoms with van der Waals surface area (Å²) in [5.41, 5.74) is 11.4. The third kappa shape index (κ3) is 4.74. The molecule has 0 aliphatic heterocycles. The SMILES string of the molecule is COc1ccc2[nH]cc(CCNc3nccc(Nc4ccc5[nH]c(C)c(CC(N)=O)c5c4)n3)c2c1. The van der Waals surface area contributed by atoms with Crippen LogP contribution >= 0.6 is 0 Å². The van der Waals surface area contributed by atoms with Crippen LogP contribution in [0.3, 0.4) is 0 Å². The van der Waals surface area contributed by atoms with E-state index in [-0.39, 0.29) is 12.3 Å². The molecule has 0 unspecified atom stereocenters. The Morgan fingerprint density at radius 1 is 1.11 bits per heavy atom. The predicted octanol–water partition coefficient (Wildman–Crippen LogP) is 4.18. The number of primary amides is 1. The lowest BCUT2D eigenvalue weighted by molar-refractivity contribution is -0.117. The van der Waals surface area contributed by atoms with Crippen LogP contribution in [-0.4, -0.2) is 39.5 Å². The van der Waals surface area contributed by atoms with Crippen molar-refractivity contribution in [3.8, 4) is 5.75 Å². The van der Waals surface area contributed by atoms with Gasteiger partial charge in [-0.3, -0.25) is 4.79 Å². The fraction of sp³-hybridized carbons (Fsp3) is 0.192. The summed E-state index contributed by atoms with van der Waals surface area (Å²) in [5.74, 6) is 1.69. The molecular formula is C26H27N7O2. The first-order chi connectivity index (χ1) is 17.0. The van der Waals surface area contributed by atoms with Crippen LogP contribution < -0.4 is 21.1 Å². The van der Waals surface area contributed by atoms with E-state index in [2.05, 4.69) is 30.6 Å². The molecule has 6 N–H and O–H groups in total. The topological polar surface area (TPSA) is 134 Å². The number of aryl methyl sites for hydroxylation is 1. The Hall–Kier alpha value is -4.53. The van der Waals surface area contributed by atoms with Crippen molar-refractivity contribution in [1.82, 2.24) is 19.9 Å². The normalized spacial score (nSPS) is 11.1. The number of amides is 1. The first kappa shape index (κ1) is 22.3. The average molecular weight is 470 g/mol. The van der Waals surface area contributed by atoms with E-state index in [1.54, 1.807) is 13.3 Å². The quantitative estimate of drug-likeness (QED) is 0.220. The monoisotopic (exact) mass is 469 g/mol. The molecule has 5 aromatic rings. The maximum Gasteiger partial charge on any atom is 0.224 e. The van der Waals surface area contributed by atoms with Crippen molar-refractivity contribution in [2.45, 2.75) is 19.8 Å². The Morgan fingerprint density at radius 3 is 2.80 bits per heavy atom. The smallest absolute Gasteiger partial charge is 0.224 e. The number of rotatable bonds is 9. The molecule has 0 radical (unpaired) electrons. The molecule has 0 aliphatic carbocycles. The van der Waals surface area contributed by atoms with Gasteiger partial charge in [0.2, 0.25) is 11.9 Å². The van der Waals surface area contributed by atoms with Crippen molar-refractivity contribution < 1.29 is 9.53 Å². The van der Waals surface area contributed by atoms with E-state index in [0.717, 1.165) is 50.9 Å². The summed E-state index contributed by atoms with van der Waals surface area (Å²) in [5, 5.41) is 8.74. The lowest BCUT2D eigenvalue weighted by Crippen LogP contribution is -2.14. The number of aromatic nitrogens is 4. The number of nitrogens with two attached hydrogens (primary N) is 1. The summed E-state index contributed by atoms with van der Waals surface area (Å²) >= 11 is 0. The van der Waals surface area contributed by atoms with Crippen LogP contribution in [0.1, 0.15) is 16.8 Å². The van der Waals surface area contributed by atoms with E-state index in [1.807, 2.05) is 55.6 Å². The Kier molecular flexibility index (Phi) is 5.97. The number of carbonyl (C=O) groups excluding carboxylic acids is 1. The zero-order valence-corrected chi connectivity index (χ0v) is 19.6. The second-order valence-corrected chi connectivity index (χ2v) is 8.42. The minimum absolute atomic E-state index is 0.195. The molecule has 0 spiro atoms. The fourth-order valence-corrected chi connectivity index (χ4v) is 4.32. The maximum absolute atomic E-state index is 11.5. The number of methoxy groups -OCH3 is 1. The van der Waals surface area contributed by atoms with Gasteiger partial charge in [-0.15, -0.1) is 0 Å². The molecule has 35 heavy (non-hydrogen) atoms. The molecular weight excluding hydrogens is 442 g/mol. The van der Waals surface area contributed by atoms with Gasteiger partial charge >= 0.3 is 0 Å². The molecule has 1 amide bonds. The highest BCUT2D eigenvalue weighted by Crippen LogP contribution is 2.27. The largest absolute Gasteiger partial charge is 0.497 e. The van der Waals surface area contributed by atoms with Crippen LogP contribution in [0.5, 0.6) is 5.75 Å². The van der Waals surface area contributed by atoms with Crippen molar-refractivity contribution >= 4 is 45.2 Å². The van der Waals surface area contributed by atoms with Gasteiger partial charge in [0.25, 0.3) is 0 Å². The summed E-state index contributed by atoms with van der Waals surface area (Å²) in [6.07, 6.45) is 4.74. The zero-order valence-electron chi connectivity index (χ0n) is 19.6. The van der Waals surface area contributed by atoms with E-state index in [1.165, 1.54) is 5.56 Å². The lowest BCUT2D eigenvalue weighted by Gasteiger charge is -2.09. The third-order valence-electron chi connectivity index (χ3n) is 6.05. The van der Waals surface area contributed by atoms with Crippen molar-refractivity contribution in [3.05, 3.63) is 71.7 Å². The maximum atomic E-state index is 11.5. The number of hydrogen-bond acceptors (Lipinski definition) is 6. The molecule has 3 aromatic heterocycles. The van der Waals surface area contributed by atoms with Crippen LogP contribution in [0, 0.1) is 6.92 Å². The molecule has 0 saturated heterocycles. The van der Waals surface area contributed by atoms with Gasteiger partial charge < -0.3 is 31.1 Å². The van der Waals surface area contributed by atoms with Crippen LogP contribution in [-0.2, 0) is 17.6 Å². The predicted molar refractivity (Wildman–Crippen MR) is 138 cm³/mol. The summed E-state index contributed by atoms with van der Waals surface area (Å²) in [6, 6.07) is 13.8. The van der Waals surface area contributed by atoms with Gasteiger partial charge in [0, 0.05) is 52.1 Å². The van der Waals surface area contributed by atoms with Gasteiger partial charge in [0.15, 0.2) is 0 Å². The minimum Gasteiger partial charge on any atom is -0.497 e. The standard InChI is InChI=1S/C26H27N7O2/c1-15-19(13-24(27)34)21-11-17(3-5-23(21)31-15)32-25-8-10-29-26(33-25)28-9-7-16-14-30-22-6-4-18(35-2)12-20(16)22/h3-6,8,10-12,14,30-31H,7,9,13H2,1-2H3,(H2,27,34)(H2,28,29,32,33). The van der Waals surface area contributed by atoms with E-state index in [9.17, 15) is 4.79 Å². The number of ether oxygens (including phenoxy) is 1. The first-order valence-electron chi connectivity index (χ1n) is 11.4. The molecule has 0 fully saturated rings. The molecule has 0 atom stereocenters. The molecule has 3 heterocycles. The van der Waals surface area contributed by atoms with Crippen molar-refractivity contribution in [1.29, 1.82) is 0 Å².